The van der Waals surface area contributed by atoms with Gasteiger partial charge in [-0.15, -0.1) is 13.2 Å². The Morgan fingerprint density at radius 3 is 2.53 bits per heavy atom. The fraction of sp³-hybridized carbons (Fsp3) is 0.250. The van der Waals surface area contributed by atoms with Gasteiger partial charge in [0.15, 0.2) is 11.8 Å². The van der Waals surface area contributed by atoms with E-state index < -0.39 is 28.4 Å². The van der Waals surface area contributed by atoms with Gasteiger partial charge in [0.2, 0.25) is 5.88 Å². The number of alkyl halides is 3. The summed E-state index contributed by atoms with van der Waals surface area (Å²) in [5, 5.41) is 10.5. The summed E-state index contributed by atoms with van der Waals surface area (Å²) >= 11 is 0. The molecule has 0 aliphatic carbocycles. The van der Waals surface area contributed by atoms with Crippen LogP contribution >= 0.6 is 0 Å². The quantitative estimate of drug-likeness (QED) is 0.465. The fourth-order valence-corrected chi connectivity index (χ4v) is 1.09. The average molecular weight is 250 g/mol. The number of aryl methyl sites for hydroxylation is 1. The van der Waals surface area contributed by atoms with Gasteiger partial charge in [0.25, 0.3) is 5.69 Å². The molecule has 0 amide bonds. The maximum atomic E-state index is 12.0. The van der Waals surface area contributed by atoms with Crippen LogP contribution in [0.5, 0.6) is 5.88 Å². The van der Waals surface area contributed by atoms with Gasteiger partial charge in [-0.05, 0) is 6.92 Å². The van der Waals surface area contributed by atoms with E-state index in [1.807, 2.05) is 0 Å². The van der Waals surface area contributed by atoms with Crippen molar-refractivity contribution < 1.29 is 27.6 Å². The summed E-state index contributed by atoms with van der Waals surface area (Å²) in [4.78, 5) is 23.4. The smallest absolute Gasteiger partial charge is 0.387 e. The average Bonchev–Trinajstić information content (AvgIpc) is 2.14. The van der Waals surface area contributed by atoms with Crippen molar-refractivity contribution >= 4 is 12.0 Å². The van der Waals surface area contributed by atoms with Crippen LogP contribution in [-0.4, -0.2) is 22.6 Å². The lowest BCUT2D eigenvalue weighted by molar-refractivity contribution is -0.385. The van der Waals surface area contributed by atoms with Gasteiger partial charge in [0.1, 0.15) is 0 Å². The molecule has 0 atom stereocenters. The van der Waals surface area contributed by atoms with E-state index in [2.05, 4.69) is 9.72 Å². The SMILES string of the molecule is Cc1cc([N+](=O)[O-])c(C=O)c(OC(F)(F)F)n1. The third-order valence-corrected chi connectivity index (χ3v) is 1.66. The van der Waals surface area contributed by atoms with E-state index in [0.717, 1.165) is 6.07 Å². The van der Waals surface area contributed by atoms with Crippen LogP contribution in [0.1, 0.15) is 16.1 Å². The molecule has 0 saturated carbocycles. The number of nitrogens with zero attached hydrogens (tertiary/aromatic N) is 2. The van der Waals surface area contributed by atoms with Crippen LogP contribution in [0.2, 0.25) is 0 Å². The van der Waals surface area contributed by atoms with Gasteiger partial charge in [-0.1, -0.05) is 0 Å². The summed E-state index contributed by atoms with van der Waals surface area (Å²) in [5.74, 6) is -1.13. The van der Waals surface area contributed by atoms with E-state index >= 15 is 0 Å². The van der Waals surface area contributed by atoms with Gasteiger partial charge < -0.3 is 4.74 Å². The Labute approximate surface area is 92.2 Å². The van der Waals surface area contributed by atoms with Crippen molar-refractivity contribution in [3.63, 3.8) is 0 Å². The van der Waals surface area contributed by atoms with Crippen molar-refractivity contribution in [3.8, 4) is 5.88 Å². The molecule has 6 nitrogen and oxygen atoms in total. The predicted molar refractivity (Wildman–Crippen MR) is 47.7 cm³/mol. The van der Waals surface area contributed by atoms with Crippen molar-refractivity contribution in [2.24, 2.45) is 0 Å². The van der Waals surface area contributed by atoms with Crippen LogP contribution in [0, 0.1) is 17.0 Å². The molecule has 0 radical (unpaired) electrons. The number of hydrogen-bond acceptors (Lipinski definition) is 5. The molecule has 92 valence electrons. The lowest BCUT2D eigenvalue weighted by atomic mass is 10.2. The number of ether oxygens (including phenoxy) is 1. The zero-order valence-corrected chi connectivity index (χ0v) is 8.32. The Morgan fingerprint density at radius 1 is 1.53 bits per heavy atom. The highest BCUT2D eigenvalue weighted by atomic mass is 19.4. The number of hydrogen-bond donors (Lipinski definition) is 0. The Morgan fingerprint density at radius 2 is 2.12 bits per heavy atom. The van der Waals surface area contributed by atoms with Crippen molar-refractivity contribution in [1.82, 2.24) is 4.98 Å². The first-order chi connectivity index (χ1) is 7.74. The molecule has 0 aliphatic rings. The normalized spacial score (nSPS) is 11.1. The molecule has 1 rings (SSSR count). The number of carbonyl (C=O) groups excluding carboxylic acids is 1. The Kier molecular flexibility index (Phi) is 3.30. The standard InChI is InChI=1S/C8H5F3N2O4/c1-4-2-6(13(15)16)5(3-14)7(12-4)17-8(9,10)11/h2-3H,1H3. The Bertz CT molecular complexity index is 473. The predicted octanol–water partition coefficient (Wildman–Crippen LogP) is 2.01. The monoisotopic (exact) mass is 250 g/mol. The number of nitro groups is 1. The Balaban J connectivity index is 3.38. The summed E-state index contributed by atoms with van der Waals surface area (Å²) in [6, 6.07) is 0.882. The minimum Gasteiger partial charge on any atom is -0.387 e. The zero-order valence-electron chi connectivity index (χ0n) is 8.32. The Hall–Kier alpha value is -2.19. The van der Waals surface area contributed by atoms with Crippen molar-refractivity contribution in [2.45, 2.75) is 13.3 Å². The molecule has 1 aromatic rings. The van der Waals surface area contributed by atoms with Crippen LogP contribution in [0.25, 0.3) is 0 Å². The van der Waals surface area contributed by atoms with E-state index in [9.17, 15) is 28.1 Å². The molecule has 0 N–H and O–H groups in total. The van der Waals surface area contributed by atoms with Crippen molar-refractivity contribution in [3.05, 3.63) is 27.4 Å². The summed E-state index contributed by atoms with van der Waals surface area (Å²) in [6.45, 7) is 1.24. The number of carbonyl (C=O) groups is 1. The minimum atomic E-state index is -5.08. The number of aromatic nitrogens is 1. The second kappa shape index (κ2) is 4.36. The fourth-order valence-electron chi connectivity index (χ4n) is 1.09. The molecule has 0 fully saturated rings. The van der Waals surface area contributed by atoms with Crippen molar-refractivity contribution in [2.75, 3.05) is 0 Å². The van der Waals surface area contributed by atoms with Crippen LogP contribution < -0.4 is 4.74 Å². The lowest BCUT2D eigenvalue weighted by Crippen LogP contribution is -2.19. The second-order valence-corrected chi connectivity index (χ2v) is 2.92. The first-order valence-electron chi connectivity index (χ1n) is 4.11. The third kappa shape index (κ3) is 3.13. The van der Waals surface area contributed by atoms with Crippen LogP contribution in [0.15, 0.2) is 6.07 Å². The zero-order chi connectivity index (χ0) is 13.2. The van der Waals surface area contributed by atoms with Gasteiger partial charge in [-0.3, -0.25) is 14.9 Å². The van der Waals surface area contributed by atoms with E-state index in [1.165, 1.54) is 6.92 Å². The molecule has 17 heavy (non-hydrogen) atoms. The minimum absolute atomic E-state index is 0.0680. The summed E-state index contributed by atoms with van der Waals surface area (Å²) in [6.07, 6.45) is -5.18. The topological polar surface area (TPSA) is 82.3 Å². The van der Waals surface area contributed by atoms with Gasteiger partial charge in [0, 0.05) is 11.8 Å². The highest BCUT2D eigenvalue weighted by molar-refractivity contribution is 5.84. The highest BCUT2D eigenvalue weighted by Gasteiger charge is 2.35. The molecule has 0 spiro atoms. The molecule has 9 heteroatoms. The number of halogens is 3. The van der Waals surface area contributed by atoms with Gasteiger partial charge >= 0.3 is 6.36 Å². The molecule has 0 unspecified atom stereocenters. The maximum absolute atomic E-state index is 12.0. The molecular weight excluding hydrogens is 245 g/mol. The van der Waals surface area contributed by atoms with E-state index in [0.29, 0.717) is 0 Å². The van der Waals surface area contributed by atoms with Crippen molar-refractivity contribution in [1.29, 1.82) is 0 Å². The summed E-state index contributed by atoms with van der Waals surface area (Å²) in [7, 11) is 0. The molecule has 0 bridgehead atoms. The van der Waals surface area contributed by atoms with Crippen LogP contribution in [-0.2, 0) is 0 Å². The van der Waals surface area contributed by atoms with Gasteiger partial charge in [0.05, 0.1) is 4.92 Å². The number of rotatable bonds is 3. The number of pyridine rings is 1. The maximum Gasteiger partial charge on any atom is 0.574 e. The van der Waals surface area contributed by atoms with E-state index in [-0.39, 0.29) is 12.0 Å². The summed E-state index contributed by atoms with van der Waals surface area (Å²) < 4.78 is 39.4. The van der Waals surface area contributed by atoms with Crippen LogP contribution in [0.3, 0.4) is 0 Å². The molecule has 0 aliphatic heterocycles. The van der Waals surface area contributed by atoms with E-state index in [1.54, 1.807) is 0 Å². The van der Waals surface area contributed by atoms with E-state index in [4.69, 9.17) is 0 Å². The van der Waals surface area contributed by atoms with Crippen LogP contribution in [0.4, 0.5) is 18.9 Å². The largest absolute Gasteiger partial charge is 0.574 e. The molecular formula is C8H5F3N2O4. The van der Waals surface area contributed by atoms with Gasteiger partial charge in [-0.2, -0.15) is 0 Å². The first kappa shape index (κ1) is 12.9. The first-order valence-corrected chi connectivity index (χ1v) is 4.11. The molecule has 1 heterocycles. The summed E-state index contributed by atoms with van der Waals surface area (Å²) in [5.41, 5.74) is -1.70. The van der Waals surface area contributed by atoms with Gasteiger partial charge in [-0.25, -0.2) is 4.98 Å². The third-order valence-electron chi connectivity index (χ3n) is 1.66. The molecule has 0 aromatic carbocycles. The lowest BCUT2D eigenvalue weighted by Gasteiger charge is -2.10. The number of aldehydes is 1. The highest BCUT2D eigenvalue weighted by Crippen LogP contribution is 2.29. The molecule has 0 saturated heterocycles. The molecule has 1 aromatic heterocycles. The second-order valence-electron chi connectivity index (χ2n) is 2.92.